The Bertz CT molecular complexity index is 151. The average Bonchev–Trinajstić information content (AvgIpc) is 1.83. The summed E-state index contributed by atoms with van der Waals surface area (Å²) in [6.07, 6.45) is -4.46. The molecule has 2 N–H and O–H groups in total. The van der Waals surface area contributed by atoms with Gasteiger partial charge < -0.3 is 10.5 Å². The molecule has 1 heterocycles. The number of halogens is 3. The van der Waals surface area contributed by atoms with Crippen molar-refractivity contribution < 1.29 is 17.9 Å². The zero-order valence-electron chi connectivity index (χ0n) is 6.66. The maximum atomic E-state index is 12.0. The first-order chi connectivity index (χ1) is 5.41. The summed E-state index contributed by atoms with van der Waals surface area (Å²) >= 11 is 0. The van der Waals surface area contributed by atoms with Crippen molar-refractivity contribution in [3.8, 4) is 0 Å². The second-order valence-corrected chi connectivity index (χ2v) is 3.27. The highest BCUT2D eigenvalue weighted by Gasteiger charge is 2.40. The number of hydrogen-bond donors (Lipinski definition) is 1. The molecular formula is C7H12F3NO. The van der Waals surface area contributed by atoms with Gasteiger partial charge in [-0.15, -0.1) is 0 Å². The summed E-state index contributed by atoms with van der Waals surface area (Å²) in [6, 6.07) is 0. The van der Waals surface area contributed by atoms with Crippen molar-refractivity contribution in [3.05, 3.63) is 0 Å². The molecule has 0 bridgehead atoms. The fourth-order valence-corrected chi connectivity index (χ4v) is 1.35. The number of nitrogens with two attached hydrogens (primary N) is 1. The van der Waals surface area contributed by atoms with Crippen LogP contribution in [0.25, 0.3) is 0 Å². The van der Waals surface area contributed by atoms with Crippen LogP contribution in [0.5, 0.6) is 0 Å². The third-order valence-corrected chi connectivity index (χ3v) is 2.04. The Labute approximate surface area is 68.9 Å². The molecule has 1 saturated heterocycles. The monoisotopic (exact) mass is 183 g/mol. The molecule has 0 spiro atoms. The van der Waals surface area contributed by atoms with Gasteiger partial charge in [0.25, 0.3) is 0 Å². The molecule has 1 aliphatic rings. The molecule has 0 aliphatic carbocycles. The molecule has 0 unspecified atom stereocenters. The van der Waals surface area contributed by atoms with E-state index in [2.05, 4.69) is 0 Å². The van der Waals surface area contributed by atoms with Crippen molar-refractivity contribution in [2.45, 2.75) is 31.0 Å². The van der Waals surface area contributed by atoms with E-state index in [1.807, 2.05) is 0 Å². The van der Waals surface area contributed by atoms with Gasteiger partial charge in [-0.25, -0.2) is 0 Å². The van der Waals surface area contributed by atoms with E-state index in [-0.39, 0.29) is 0 Å². The zero-order chi connectivity index (χ0) is 9.24. The summed E-state index contributed by atoms with van der Waals surface area (Å²) in [7, 11) is 0. The lowest BCUT2D eigenvalue weighted by atomic mass is 9.88. The maximum Gasteiger partial charge on any atom is 0.390 e. The van der Waals surface area contributed by atoms with Gasteiger partial charge in [0.1, 0.15) is 0 Å². The molecule has 1 aliphatic heterocycles. The van der Waals surface area contributed by atoms with Crippen molar-refractivity contribution >= 4 is 0 Å². The van der Waals surface area contributed by atoms with Crippen LogP contribution in [-0.2, 0) is 4.74 Å². The average molecular weight is 183 g/mol. The molecule has 2 nitrogen and oxygen atoms in total. The molecule has 0 radical (unpaired) electrons. The van der Waals surface area contributed by atoms with Gasteiger partial charge in [0.2, 0.25) is 0 Å². The highest BCUT2D eigenvalue weighted by Crippen LogP contribution is 2.31. The first-order valence-corrected chi connectivity index (χ1v) is 3.85. The Hall–Kier alpha value is -0.290. The van der Waals surface area contributed by atoms with Crippen molar-refractivity contribution in [2.24, 2.45) is 5.73 Å². The zero-order valence-corrected chi connectivity index (χ0v) is 6.66. The van der Waals surface area contributed by atoms with Gasteiger partial charge in [-0.1, -0.05) is 0 Å². The number of alkyl halides is 3. The first kappa shape index (κ1) is 9.80. The SMILES string of the molecule is NC1(CC(F)(F)F)CCOCC1. The van der Waals surface area contributed by atoms with E-state index >= 15 is 0 Å². The predicted octanol–water partition coefficient (Wildman–Crippen LogP) is 1.45. The minimum Gasteiger partial charge on any atom is -0.381 e. The fourth-order valence-electron chi connectivity index (χ4n) is 1.35. The molecule has 0 aromatic carbocycles. The van der Waals surface area contributed by atoms with Crippen molar-refractivity contribution in [1.82, 2.24) is 0 Å². The minimum atomic E-state index is -4.16. The number of rotatable bonds is 1. The third-order valence-electron chi connectivity index (χ3n) is 2.04. The minimum absolute atomic E-state index is 0.298. The second kappa shape index (κ2) is 3.22. The van der Waals surface area contributed by atoms with E-state index in [4.69, 9.17) is 10.5 Å². The molecule has 1 fully saturated rings. The van der Waals surface area contributed by atoms with Gasteiger partial charge in [0.15, 0.2) is 0 Å². The Balaban J connectivity index is 2.47. The Morgan fingerprint density at radius 2 is 1.75 bits per heavy atom. The molecule has 12 heavy (non-hydrogen) atoms. The van der Waals surface area contributed by atoms with Gasteiger partial charge in [0.05, 0.1) is 6.42 Å². The quantitative estimate of drug-likeness (QED) is 0.667. The van der Waals surface area contributed by atoms with E-state index in [1.165, 1.54) is 0 Å². The summed E-state index contributed by atoms with van der Waals surface area (Å²) in [6.45, 7) is 0.680. The van der Waals surface area contributed by atoms with Gasteiger partial charge in [0, 0.05) is 18.8 Å². The lowest BCUT2D eigenvalue weighted by molar-refractivity contribution is -0.154. The lowest BCUT2D eigenvalue weighted by Gasteiger charge is -2.33. The third kappa shape index (κ3) is 2.98. The highest BCUT2D eigenvalue weighted by atomic mass is 19.4. The smallest absolute Gasteiger partial charge is 0.381 e. The topological polar surface area (TPSA) is 35.2 Å². The molecule has 5 heteroatoms. The number of ether oxygens (including phenoxy) is 1. The highest BCUT2D eigenvalue weighted by molar-refractivity contribution is 4.88. The second-order valence-electron chi connectivity index (χ2n) is 3.27. The maximum absolute atomic E-state index is 12.0. The van der Waals surface area contributed by atoms with Crippen LogP contribution < -0.4 is 5.73 Å². The largest absolute Gasteiger partial charge is 0.390 e. The van der Waals surface area contributed by atoms with E-state index < -0.39 is 18.1 Å². The standard InChI is InChI=1S/C7H12F3NO/c8-7(9,10)5-6(11)1-3-12-4-2-6/h1-5,11H2. The molecule has 72 valence electrons. The van der Waals surface area contributed by atoms with Gasteiger partial charge in [-0.3, -0.25) is 0 Å². The van der Waals surface area contributed by atoms with Crippen LogP contribution in [0.2, 0.25) is 0 Å². The van der Waals surface area contributed by atoms with E-state index in [9.17, 15) is 13.2 Å². The van der Waals surface area contributed by atoms with Gasteiger partial charge in [-0.2, -0.15) is 13.2 Å². The normalized spacial score (nSPS) is 24.0. The van der Waals surface area contributed by atoms with E-state index in [0.29, 0.717) is 26.1 Å². The molecule has 0 aromatic rings. The van der Waals surface area contributed by atoms with Crippen LogP contribution in [0.15, 0.2) is 0 Å². The van der Waals surface area contributed by atoms with Crippen LogP contribution in [0, 0.1) is 0 Å². The van der Waals surface area contributed by atoms with Crippen LogP contribution in [-0.4, -0.2) is 24.9 Å². The molecule has 0 saturated carbocycles. The van der Waals surface area contributed by atoms with E-state index in [0.717, 1.165) is 0 Å². The molecule has 0 aromatic heterocycles. The number of hydrogen-bond acceptors (Lipinski definition) is 2. The molecule has 0 amide bonds. The molecular weight excluding hydrogens is 171 g/mol. The van der Waals surface area contributed by atoms with Crippen molar-refractivity contribution in [1.29, 1.82) is 0 Å². The fraction of sp³-hybridized carbons (Fsp3) is 1.00. The van der Waals surface area contributed by atoms with Crippen molar-refractivity contribution in [2.75, 3.05) is 13.2 Å². The first-order valence-electron chi connectivity index (χ1n) is 3.85. The van der Waals surface area contributed by atoms with Crippen molar-refractivity contribution in [3.63, 3.8) is 0 Å². The lowest BCUT2D eigenvalue weighted by Crippen LogP contribution is -2.48. The Morgan fingerprint density at radius 3 is 2.17 bits per heavy atom. The van der Waals surface area contributed by atoms with E-state index in [1.54, 1.807) is 0 Å². The van der Waals surface area contributed by atoms with Crippen LogP contribution in [0.4, 0.5) is 13.2 Å². The van der Waals surface area contributed by atoms with Crippen LogP contribution in [0.1, 0.15) is 19.3 Å². The van der Waals surface area contributed by atoms with Gasteiger partial charge in [-0.05, 0) is 12.8 Å². The molecule has 1 rings (SSSR count). The summed E-state index contributed by atoms with van der Waals surface area (Å²) < 4.78 is 40.8. The van der Waals surface area contributed by atoms with Gasteiger partial charge >= 0.3 is 6.18 Å². The summed E-state index contributed by atoms with van der Waals surface area (Å²) in [5, 5.41) is 0. The Morgan fingerprint density at radius 1 is 1.25 bits per heavy atom. The summed E-state index contributed by atoms with van der Waals surface area (Å²) in [4.78, 5) is 0. The van der Waals surface area contributed by atoms with Crippen LogP contribution in [0.3, 0.4) is 0 Å². The van der Waals surface area contributed by atoms with Crippen LogP contribution >= 0.6 is 0 Å². The summed E-state index contributed by atoms with van der Waals surface area (Å²) in [5.74, 6) is 0. The Kier molecular flexibility index (Phi) is 2.63. The summed E-state index contributed by atoms with van der Waals surface area (Å²) in [5.41, 5.74) is 4.46. The predicted molar refractivity (Wildman–Crippen MR) is 37.6 cm³/mol. The molecule has 0 atom stereocenters.